The number of rotatable bonds is 5. The fourth-order valence-corrected chi connectivity index (χ4v) is 2.81. The summed E-state index contributed by atoms with van der Waals surface area (Å²) < 4.78 is 59.9. The lowest BCUT2D eigenvalue weighted by Gasteiger charge is -2.29. The van der Waals surface area contributed by atoms with Crippen molar-refractivity contribution in [3.05, 3.63) is 53.8 Å². The monoisotopic (exact) mass is 540 g/mol. The van der Waals surface area contributed by atoms with Gasteiger partial charge in [0.2, 0.25) is 0 Å². The first-order chi connectivity index (χ1) is 13.8. The highest BCUT2D eigenvalue weighted by atomic mass is 127. The molecule has 2 aromatic rings. The minimum atomic E-state index is -4.75. The zero-order chi connectivity index (χ0) is 20.9. The van der Waals surface area contributed by atoms with Gasteiger partial charge in [-0.15, -0.1) is 37.1 Å². The van der Waals surface area contributed by atoms with Gasteiger partial charge in [-0.05, 0) is 42.0 Å². The van der Waals surface area contributed by atoms with Crippen LogP contribution in [0.25, 0.3) is 0 Å². The van der Waals surface area contributed by atoms with Gasteiger partial charge >= 0.3 is 6.36 Å². The Balaban J connectivity index is 0.00000320. The molecule has 3 rings (SSSR count). The van der Waals surface area contributed by atoms with Crippen LogP contribution in [0, 0.1) is 5.82 Å². The van der Waals surface area contributed by atoms with Crippen LogP contribution in [0.15, 0.2) is 47.5 Å². The Hall–Kier alpha value is -2.28. The van der Waals surface area contributed by atoms with Crippen molar-refractivity contribution >= 4 is 41.3 Å². The molecule has 6 nitrogen and oxygen atoms in total. The summed E-state index contributed by atoms with van der Waals surface area (Å²) in [5.41, 5.74) is 7.39. The maximum Gasteiger partial charge on any atom is 0.573 e. The van der Waals surface area contributed by atoms with Crippen LogP contribution in [-0.2, 0) is 11.3 Å². The molecule has 0 spiro atoms. The molecule has 3 N–H and O–H groups in total. The molecule has 0 aromatic heterocycles. The number of hydrogen-bond acceptors (Lipinski definition) is 4. The third kappa shape index (κ3) is 7.20. The van der Waals surface area contributed by atoms with Crippen molar-refractivity contribution < 1.29 is 27.0 Å². The normalized spacial score (nSPS) is 14.8. The van der Waals surface area contributed by atoms with E-state index < -0.39 is 6.36 Å². The fraction of sp³-hybridized carbons (Fsp3) is 0.316. The Kier molecular flexibility index (Phi) is 8.53. The average Bonchev–Trinajstić information content (AvgIpc) is 2.67. The molecule has 1 aliphatic rings. The van der Waals surface area contributed by atoms with E-state index in [2.05, 4.69) is 15.0 Å². The maximum absolute atomic E-state index is 14.4. The topological polar surface area (TPSA) is 72.1 Å². The smallest absolute Gasteiger partial charge is 0.406 e. The van der Waals surface area contributed by atoms with Gasteiger partial charge in [-0.2, -0.15) is 0 Å². The number of nitrogens with two attached hydrogens (primary N) is 1. The van der Waals surface area contributed by atoms with Gasteiger partial charge in [0, 0.05) is 18.8 Å². The number of nitrogens with zero attached hydrogens (tertiary/aromatic N) is 2. The van der Waals surface area contributed by atoms with Gasteiger partial charge < -0.3 is 25.4 Å². The number of morpholine rings is 1. The Labute approximate surface area is 188 Å². The second-order valence-corrected chi connectivity index (χ2v) is 6.28. The van der Waals surface area contributed by atoms with Gasteiger partial charge in [-0.1, -0.05) is 6.07 Å². The van der Waals surface area contributed by atoms with Crippen LogP contribution in [0.2, 0.25) is 0 Å². The number of aliphatic imine (C=N–C) groups is 1. The zero-order valence-corrected chi connectivity index (χ0v) is 18.1. The summed E-state index contributed by atoms with van der Waals surface area (Å²) in [6, 6.07) is 9.94. The van der Waals surface area contributed by atoms with Crippen LogP contribution >= 0.6 is 24.0 Å². The molecular weight excluding hydrogens is 519 g/mol. The van der Waals surface area contributed by atoms with E-state index in [1.54, 1.807) is 12.1 Å². The summed E-state index contributed by atoms with van der Waals surface area (Å²) in [5.74, 6) is -0.632. The lowest BCUT2D eigenvalue weighted by molar-refractivity contribution is -0.274. The van der Waals surface area contributed by atoms with E-state index in [9.17, 15) is 17.6 Å². The summed E-state index contributed by atoms with van der Waals surface area (Å²) in [4.78, 5) is 6.05. The first-order valence-electron chi connectivity index (χ1n) is 8.84. The quantitative estimate of drug-likeness (QED) is 0.259. The second-order valence-electron chi connectivity index (χ2n) is 6.28. The molecule has 0 amide bonds. The average molecular weight is 540 g/mol. The van der Waals surface area contributed by atoms with Gasteiger partial charge in [-0.3, -0.25) is 0 Å². The lowest BCUT2D eigenvalue weighted by Crippen LogP contribution is -2.36. The van der Waals surface area contributed by atoms with Gasteiger partial charge in [0.1, 0.15) is 11.6 Å². The van der Waals surface area contributed by atoms with Crippen molar-refractivity contribution in [3.8, 4) is 5.75 Å². The Bertz CT molecular complexity index is 857. The summed E-state index contributed by atoms with van der Waals surface area (Å²) in [6.45, 7) is 2.55. The van der Waals surface area contributed by atoms with Crippen LogP contribution in [0.4, 0.5) is 28.9 Å². The molecule has 1 saturated heterocycles. The van der Waals surface area contributed by atoms with Gasteiger partial charge in [0.25, 0.3) is 0 Å². The Morgan fingerprint density at radius 1 is 1.13 bits per heavy atom. The highest BCUT2D eigenvalue weighted by molar-refractivity contribution is 14.0. The van der Waals surface area contributed by atoms with Gasteiger partial charge in [-0.25, -0.2) is 9.38 Å². The summed E-state index contributed by atoms with van der Waals surface area (Å²) >= 11 is 0. The van der Waals surface area contributed by atoms with Crippen LogP contribution in [0.1, 0.15) is 5.56 Å². The van der Waals surface area contributed by atoms with E-state index in [4.69, 9.17) is 10.5 Å². The molecule has 164 valence electrons. The minimum Gasteiger partial charge on any atom is -0.406 e. The molecule has 0 unspecified atom stereocenters. The van der Waals surface area contributed by atoms with Crippen molar-refractivity contribution in [3.63, 3.8) is 0 Å². The van der Waals surface area contributed by atoms with Gasteiger partial charge in [0.05, 0.1) is 25.4 Å². The third-order valence-corrected chi connectivity index (χ3v) is 4.16. The highest BCUT2D eigenvalue weighted by Crippen LogP contribution is 2.24. The number of anilines is 2. The van der Waals surface area contributed by atoms with Crippen molar-refractivity contribution in [2.45, 2.75) is 12.9 Å². The maximum atomic E-state index is 14.4. The molecule has 1 heterocycles. The molecule has 0 saturated carbocycles. The first-order valence-corrected chi connectivity index (χ1v) is 8.84. The molecule has 0 bridgehead atoms. The molecular formula is C19H21F4IN4O2. The zero-order valence-electron chi connectivity index (χ0n) is 15.8. The number of ether oxygens (including phenoxy) is 2. The number of halogens is 5. The SMILES string of the molecule is I.NC(=NCc1ccc(N2CCOCC2)c(F)c1)Nc1ccc(OC(F)(F)F)cc1. The highest BCUT2D eigenvalue weighted by Gasteiger charge is 2.30. The van der Waals surface area contributed by atoms with Crippen molar-refractivity contribution in [1.82, 2.24) is 0 Å². The Morgan fingerprint density at radius 3 is 2.40 bits per heavy atom. The van der Waals surface area contributed by atoms with Crippen molar-refractivity contribution in [2.75, 3.05) is 36.5 Å². The number of benzene rings is 2. The van der Waals surface area contributed by atoms with Crippen molar-refractivity contribution in [2.24, 2.45) is 10.7 Å². The third-order valence-electron chi connectivity index (χ3n) is 4.16. The standard InChI is InChI=1S/C19H20F4N4O2.HI/c20-16-11-13(1-6-17(16)27-7-9-28-10-8-27)12-25-18(24)26-14-2-4-15(5-3-14)29-19(21,22)23;/h1-6,11H,7-10,12H2,(H3,24,25,26);1H. The van der Waals surface area contributed by atoms with Crippen LogP contribution in [0.3, 0.4) is 0 Å². The van der Waals surface area contributed by atoms with E-state index in [0.29, 0.717) is 43.2 Å². The van der Waals surface area contributed by atoms with Crippen LogP contribution in [0.5, 0.6) is 5.75 Å². The molecule has 11 heteroatoms. The van der Waals surface area contributed by atoms with E-state index in [1.165, 1.54) is 18.2 Å². The number of alkyl halides is 3. The fourth-order valence-electron chi connectivity index (χ4n) is 2.81. The molecule has 0 atom stereocenters. The minimum absolute atomic E-state index is 0. The van der Waals surface area contributed by atoms with Crippen molar-refractivity contribution in [1.29, 1.82) is 0 Å². The van der Waals surface area contributed by atoms with Gasteiger partial charge in [0.15, 0.2) is 5.96 Å². The predicted molar refractivity (Wildman–Crippen MR) is 117 cm³/mol. The molecule has 2 aromatic carbocycles. The summed E-state index contributed by atoms with van der Waals surface area (Å²) in [5, 5.41) is 2.75. The Morgan fingerprint density at radius 2 is 1.80 bits per heavy atom. The predicted octanol–water partition coefficient (Wildman–Crippen LogP) is 4.11. The number of hydrogen-bond donors (Lipinski definition) is 2. The van der Waals surface area contributed by atoms with Crippen LogP contribution < -0.4 is 20.7 Å². The summed E-state index contributed by atoms with van der Waals surface area (Å²) in [6.07, 6.45) is -4.75. The second kappa shape index (κ2) is 10.7. The molecule has 0 radical (unpaired) electrons. The van der Waals surface area contributed by atoms with E-state index in [-0.39, 0.29) is 48.0 Å². The molecule has 1 fully saturated rings. The van der Waals surface area contributed by atoms with E-state index >= 15 is 0 Å². The molecule has 0 aliphatic carbocycles. The van der Waals surface area contributed by atoms with E-state index in [1.807, 2.05) is 4.90 Å². The number of nitrogens with one attached hydrogen (secondary N) is 1. The largest absolute Gasteiger partial charge is 0.573 e. The van der Waals surface area contributed by atoms with E-state index in [0.717, 1.165) is 12.1 Å². The number of guanidine groups is 1. The van der Waals surface area contributed by atoms with Crippen LogP contribution in [-0.4, -0.2) is 38.6 Å². The molecule has 1 aliphatic heterocycles. The first kappa shape index (κ1) is 24.0. The lowest BCUT2D eigenvalue weighted by atomic mass is 10.1. The summed E-state index contributed by atoms with van der Waals surface area (Å²) in [7, 11) is 0. The molecule has 30 heavy (non-hydrogen) atoms.